The van der Waals surface area contributed by atoms with E-state index in [9.17, 15) is 4.79 Å². The lowest BCUT2D eigenvalue weighted by atomic mass is 10.0. The Hall–Kier alpha value is -1.61. The minimum absolute atomic E-state index is 0.0706. The molecule has 0 radical (unpaired) electrons. The standard InChI is InChI=1S/C15H22N2O/c1-4-10-17(12(2)3)15(18)11-14(16)13-8-6-5-7-9-13/h4-9,12,14H,1,10-11,16H2,2-3H3. The lowest BCUT2D eigenvalue weighted by Gasteiger charge is -2.26. The number of carbonyl (C=O) groups is 1. The largest absolute Gasteiger partial charge is 0.337 e. The predicted molar refractivity (Wildman–Crippen MR) is 75.0 cm³/mol. The van der Waals surface area contributed by atoms with Crippen molar-refractivity contribution in [3.63, 3.8) is 0 Å². The SMILES string of the molecule is C=CCN(C(=O)CC(N)c1ccccc1)C(C)C. The molecule has 2 N–H and O–H groups in total. The van der Waals surface area contributed by atoms with Crippen LogP contribution in [0.5, 0.6) is 0 Å². The molecule has 1 atom stereocenters. The van der Waals surface area contributed by atoms with Crippen LogP contribution < -0.4 is 5.73 Å². The second kappa shape index (κ2) is 6.97. The van der Waals surface area contributed by atoms with Crippen molar-refractivity contribution >= 4 is 5.91 Å². The quantitative estimate of drug-likeness (QED) is 0.784. The van der Waals surface area contributed by atoms with Gasteiger partial charge in [0.15, 0.2) is 0 Å². The van der Waals surface area contributed by atoms with Crippen LogP contribution in [-0.2, 0) is 4.79 Å². The van der Waals surface area contributed by atoms with Gasteiger partial charge in [-0.05, 0) is 19.4 Å². The van der Waals surface area contributed by atoms with E-state index in [4.69, 9.17) is 5.73 Å². The molecule has 0 aliphatic carbocycles. The highest BCUT2D eigenvalue weighted by molar-refractivity contribution is 5.77. The molecule has 1 rings (SSSR count). The van der Waals surface area contributed by atoms with Crippen LogP contribution in [0.3, 0.4) is 0 Å². The van der Waals surface area contributed by atoms with Gasteiger partial charge < -0.3 is 10.6 Å². The summed E-state index contributed by atoms with van der Waals surface area (Å²) in [4.78, 5) is 13.9. The zero-order valence-corrected chi connectivity index (χ0v) is 11.2. The highest BCUT2D eigenvalue weighted by atomic mass is 16.2. The van der Waals surface area contributed by atoms with E-state index in [2.05, 4.69) is 6.58 Å². The molecule has 3 nitrogen and oxygen atoms in total. The summed E-state index contributed by atoms with van der Waals surface area (Å²) in [6, 6.07) is 9.63. The number of hydrogen-bond acceptors (Lipinski definition) is 2. The molecule has 0 saturated heterocycles. The topological polar surface area (TPSA) is 46.3 Å². The number of nitrogens with zero attached hydrogens (tertiary/aromatic N) is 1. The Bertz CT molecular complexity index is 387. The summed E-state index contributed by atoms with van der Waals surface area (Å²) in [5.41, 5.74) is 7.05. The summed E-state index contributed by atoms with van der Waals surface area (Å²) < 4.78 is 0. The molecule has 1 aromatic rings. The fraction of sp³-hybridized carbons (Fsp3) is 0.400. The third-order valence-corrected chi connectivity index (χ3v) is 2.89. The van der Waals surface area contributed by atoms with Gasteiger partial charge in [-0.15, -0.1) is 6.58 Å². The minimum Gasteiger partial charge on any atom is -0.337 e. The molecule has 1 unspecified atom stereocenters. The fourth-order valence-electron chi connectivity index (χ4n) is 1.86. The van der Waals surface area contributed by atoms with Crippen molar-refractivity contribution in [2.45, 2.75) is 32.4 Å². The van der Waals surface area contributed by atoms with Crippen LogP contribution in [0, 0.1) is 0 Å². The Morgan fingerprint density at radius 2 is 2.00 bits per heavy atom. The highest BCUT2D eigenvalue weighted by Crippen LogP contribution is 2.15. The second-order valence-corrected chi connectivity index (χ2v) is 4.65. The zero-order chi connectivity index (χ0) is 13.5. The normalized spacial score (nSPS) is 12.2. The van der Waals surface area contributed by atoms with E-state index in [1.807, 2.05) is 44.2 Å². The van der Waals surface area contributed by atoms with Crippen LogP contribution in [0.25, 0.3) is 0 Å². The Morgan fingerprint density at radius 1 is 1.39 bits per heavy atom. The number of carbonyl (C=O) groups excluding carboxylic acids is 1. The highest BCUT2D eigenvalue weighted by Gasteiger charge is 2.19. The molecule has 1 aromatic carbocycles. The number of hydrogen-bond donors (Lipinski definition) is 1. The van der Waals surface area contributed by atoms with E-state index in [0.29, 0.717) is 13.0 Å². The lowest BCUT2D eigenvalue weighted by molar-refractivity contribution is -0.132. The number of amides is 1. The summed E-state index contributed by atoms with van der Waals surface area (Å²) in [5, 5.41) is 0. The van der Waals surface area contributed by atoms with Crippen molar-refractivity contribution < 1.29 is 4.79 Å². The average Bonchev–Trinajstić information content (AvgIpc) is 2.36. The minimum atomic E-state index is -0.246. The van der Waals surface area contributed by atoms with Crippen molar-refractivity contribution in [2.24, 2.45) is 5.73 Å². The van der Waals surface area contributed by atoms with Gasteiger partial charge in [-0.3, -0.25) is 4.79 Å². The first-order chi connectivity index (χ1) is 8.56. The molecule has 0 bridgehead atoms. The van der Waals surface area contributed by atoms with Gasteiger partial charge in [-0.25, -0.2) is 0 Å². The Morgan fingerprint density at radius 3 is 2.50 bits per heavy atom. The van der Waals surface area contributed by atoms with Gasteiger partial charge in [0, 0.05) is 25.0 Å². The smallest absolute Gasteiger partial charge is 0.224 e. The van der Waals surface area contributed by atoms with Gasteiger partial charge in [0.25, 0.3) is 0 Å². The monoisotopic (exact) mass is 246 g/mol. The van der Waals surface area contributed by atoms with Crippen LogP contribution in [0.2, 0.25) is 0 Å². The molecule has 0 aromatic heterocycles. The maximum absolute atomic E-state index is 12.2. The van der Waals surface area contributed by atoms with E-state index < -0.39 is 0 Å². The van der Waals surface area contributed by atoms with Crippen LogP contribution in [0.1, 0.15) is 31.9 Å². The number of benzene rings is 1. The fourth-order valence-corrected chi connectivity index (χ4v) is 1.86. The van der Waals surface area contributed by atoms with Gasteiger partial charge in [-0.1, -0.05) is 36.4 Å². The molecule has 98 valence electrons. The summed E-state index contributed by atoms with van der Waals surface area (Å²) in [6.45, 7) is 8.24. The van der Waals surface area contributed by atoms with Gasteiger partial charge in [0.05, 0.1) is 0 Å². The van der Waals surface area contributed by atoms with Crippen LogP contribution in [0.4, 0.5) is 0 Å². The maximum atomic E-state index is 12.2. The Balaban J connectivity index is 2.66. The van der Waals surface area contributed by atoms with Crippen molar-refractivity contribution in [3.05, 3.63) is 48.6 Å². The Labute approximate surface area is 109 Å². The summed E-state index contributed by atoms with van der Waals surface area (Å²) >= 11 is 0. The second-order valence-electron chi connectivity index (χ2n) is 4.65. The van der Waals surface area contributed by atoms with Crippen LogP contribution in [0.15, 0.2) is 43.0 Å². The molecule has 18 heavy (non-hydrogen) atoms. The predicted octanol–water partition coefficient (Wildman–Crippen LogP) is 2.50. The van der Waals surface area contributed by atoms with E-state index in [0.717, 1.165) is 5.56 Å². The Kier molecular flexibility index (Phi) is 5.59. The first-order valence-corrected chi connectivity index (χ1v) is 6.27. The average molecular weight is 246 g/mol. The molecular formula is C15H22N2O. The van der Waals surface area contributed by atoms with Crippen molar-refractivity contribution in [1.82, 2.24) is 4.90 Å². The molecule has 0 fully saturated rings. The molecule has 3 heteroatoms. The van der Waals surface area contributed by atoms with E-state index >= 15 is 0 Å². The third kappa shape index (κ3) is 4.00. The van der Waals surface area contributed by atoms with Crippen molar-refractivity contribution in [3.8, 4) is 0 Å². The first-order valence-electron chi connectivity index (χ1n) is 6.27. The molecule has 0 aliphatic heterocycles. The summed E-state index contributed by atoms with van der Waals surface area (Å²) in [6.07, 6.45) is 2.07. The maximum Gasteiger partial charge on any atom is 0.224 e. The van der Waals surface area contributed by atoms with E-state index in [-0.39, 0.29) is 18.0 Å². The molecule has 0 saturated carbocycles. The summed E-state index contributed by atoms with van der Waals surface area (Å²) in [5.74, 6) is 0.0706. The number of nitrogens with two attached hydrogens (primary N) is 1. The number of rotatable bonds is 6. The van der Waals surface area contributed by atoms with E-state index in [1.165, 1.54) is 0 Å². The summed E-state index contributed by atoms with van der Waals surface area (Å²) in [7, 11) is 0. The molecule has 0 heterocycles. The molecular weight excluding hydrogens is 224 g/mol. The lowest BCUT2D eigenvalue weighted by Crippen LogP contribution is -2.38. The van der Waals surface area contributed by atoms with Crippen LogP contribution in [-0.4, -0.2) is 23.4 Å². The van der Waals surface area contributed by atoms with Crippen molar-refractivity contribution in [2.75, 3.05) is 6.54 Å². The third-order valence-electron chi connectivity index (χ3n) is 2.89. The van der Waals surface area contributed by atoms with Gasteiger partial charge >= 0.3 is 0 Å². The molecule has 0 aliphatic rings. The van der Waals surface area contributed by atoms with Crippen LogP contribution >= 0.6 is 0 Å². The van der Waals surface area contributed by atoms with Gasteiger partial charge in [0.1, 0.15) is 0 Å². The van der Waals surface area contributed by atoms with Gasteiger partial charge in [0.2, 0.25) is 5.91 Å². The first kappa shape index (κ1) is 14.5. The van der Waals surface area contributed by atoms with E-state index in [1.54, 1.807) is 11.0 Å². The van der Waals surface area contributed by atoms with Gasteiger partial charge in [-0.2, -0.15) is 0 Å². The molecule has 1 amide bonds. The molecule has 0 spiro atoms. The van der Waals surface area contributed by atoms with Crippen molar-refractivity contribution in [1.29, 1.82) is 0 Å². The zero-order valence-electron chi connectivity index (χ0n) is 11.2.